The summed E-state index contributed by atoms with van der Waals surface area (Å²) in [6.45, 7) is 9.77. The lowest BCUT2D eigenvalue weighted by Crippen LogP contribution is -2.16. The number of nitrogens with zero attached hydrogens (tertiary/aromatic N) is 5. The molecule has 0 spiro atoms. The fourth-order valence-corrected chi connectivity index (χ4v) is 3.90. The number of nitro benzene ring substituents is 1. The number of aromatic nitrogens is 4. The van der Waals surface area contributed by atoms with Crippen LogP contribution >= 0.6 is 11.6 Å². The number of non-ortho nitro benzene ring substituents is 1. The zero-order valence-electron chi connectivity index (χ0n) is 20.5. The van der Waals surface area contributed by atoms with Gasteiger partial charge in [0.05, 0.1) is 33.1 Å². The van der Waals surface area contributed by atoms with Gasteiger partial charge in [0.1, 0.15) is 18.2 Å². The van der Waals surface area contributed by atoms with Crippen molar-refractivity contribution in [3.8, 4) is 11.5 Å². The molecule has 0 atom stereocenters. The van der Waals surface area contributed by atoms with Crippen molar-refractivity contribution in [2.45, 2.75) is 41.3 Å². The minimum absolute atomic E-state index is 0.141. The molecule has 10 nitrogen and oxygen atoms in total. The van der Waals surface area contributed by atoms with E-state index < -0.39 is 10.8 Å². The standard InChI is InChI=1S/C25H25ClN6O4/c1-14-8-15(2)16(3)23(9-14)36-21-11-19(10-20(12-21)32(34)35)27-25(33)22-6-7-30(29-22)13-31-18(5)24(26)17(4)28-31/h6-12H,13H2,1-5H3,(H,27,33). The average Bonchev–Trinajstić information content (AvgIpc) is 3.37. The molecule has 0 fully saturated rings. The number of amides is 1. The summed E-state index contributed by atoms with van der Waals surface area (Å²) in [7, 11) is 0. The van der Waals surface area contributed by atoms with E-state index in [2.05, 4.69) is 15.5 Å². The summed E-state index contributed by atoms with van der Waals surface area (Å²) >= 11 is 6.20. The van der Waals surface area contributed by atoms with Gasteiger partial charge in [-0.15, -0.1) is 0 Å². The van der Waals surface area contributed by atoms with E-state index in [1.807, 2.05) is 46.8 Å². The second-order valence-corrected chi connectivity index (χ2v) is 8.98. The predicted octanol–water partition coefficient (Wildman–Crippen LogP) is 5.73. The number of rotatable bonds is 7. The number of ether oxygens (including phenoxy) is 1. The summed E-state index contributed by atoms with van der Waals surface area (Å²) in [6, 6.07) is 9.58. The van der Waals surface area contributed by atoms with Crippen LogP contribution in [0.2, 0.25) is 5.02 Å². The first-order valence-corrected chi connectivity index (χ1v) is 11.5. The largest absolute Gasteiger partial charge is 0.457 e. The van der Waals surface area contributed by atoms with Crippen molar-refractivity contribution in [2.24, 2.45) is 0 Å². The van der Waals surface area contributed by atoms with Crippen LogP contribution in [-0.2, 0) is 6.67 Å². The molecule has 1 N–H and O–H groups in total. The number of nitro groups is 1. The summed E-state index contributed by atoms with van der Waals surface area (Å²) in [4.78, 5) is 23.8. The molecule has 0 aliphatic heterocycles. The highest BCUT2D eigenvalue weighted by atomic mass is 35.5. The lowest BCUT2D eigenvalue weighted by atomic mass is 10.1. The van der Waals surface area contributed by atoms with Crippen LogP contribution in [0.3, 0.4) is 0 Å². The number of carbonyl (C=O) groups excluding carboxylic acids is 1. The molecule has 4 aromatic rings. The van der Waals surface area contributed by atoms with Gasteiger partial charge >= 0.3 is 0 Å². The Balaban J connectivity index is 1.55. The second kappa shape index (κ2) is 9.82. The lowest BCUT2D eigenvalue weighted by Gasteiger charge is -2.13. The second-order valence-electron chi connectivity index (χ2n) is 8.60. The zero-order chi connectivity index (χ0) is 26.1. The molecule has 186 valence electrons. The summed E-state index contributed by atoms with van der Waals surface area (Å²) in [6.07, 6.45) is 1.64. The maximum absolute atomic E-state index is 12.9. The van der Waals surface area contributed by atoms with Crippen LogP contribution < -0.4 is 10.1 Å². The fraction of sp³-hybridized carbons (Fsp3) is 0.240. The number of hydrogen-bond acceptors (Lipinski definition) is 6. The topological polar surface area (TPSA) is 117 Å². The quantitative estimate of drug-likeness (QED) is 0.251. The van der Waals surface area contributed by atoms with E-state index in [-0.39, 0.29) is 29.5 Å². The highest BCUT2D eigenvalue weighted by Crippen LogP contribution is 2.33. The van der Waals surface area contributed by atoms with Crippen molar-refractivity contribution < 1.29 is 14.5 Å². The average molecular weight is 509 g/mol. The van der Waals surface area contributed by atoms with Gasteiger partial charge in [-0.05, 0) is 63.4 Å². The van der Waals surface area contributed by atoms with E-state index in [9.17, 15) is 14.9 Å². The number of halogens is 1. The summed E-state index contributed by atoms with van der Waals surface area (Å²) in [5.41, 5.74) is 4.61. The number of carbonyl (C=O) groups is 1. The van der Waals surface area contributed by atoms with Gasteiger partial charge in [-0.2, -0.15) is 10.2 Å². The first-order valence-electron chi connectivity index (χ1n) is 11.1. The minimum Gasteiger partial charge on any atom is -0.457 e. The van der Waals surface area contributed by atoms with E-state index in [4.69, 9.17) is 16.3 Å². The monoisotopic (exact) mass is 508 g/mol. The molecule has 11 heteroatoms. The first-order chi connectivity index (χ1) is 17.0. The highest BCUT2D eigenvalue weighted by molar-refractivity contribution is 6.31. The van der Waals surface area contributed by atoms with Gasteiger partial charge < -0.3 is 10.1 Å². The van der Waals surface area contributed by atoms with Crippen molar-refractivity contribution in [1.82, 2.24) is 19.6 Å². The Bertz CT molecular complexity index is 1490. The molecule has 2 aromatic heterocycles. The maximum Gasteiger partial charge on any atom is 0.276 e. The van der Waals surface area contributed by atoms with Gasteiger partial charge in [0, 0.05) is 18.3 Å². The van der Waals surface area contributed by atoms with Crippen molar-refractivity contribution in [2.75, 3.05) is 5.32 Å². The third kappa shape index (κ3) is 5.23. The molecule has 0 saturated heterocycles. The van der Waals surface area contributed by atoms with Crippen LogP contribution in [0.1, 0.15) is 38.6 Å². The molecule has 0 radical (unpaired) electrons. The van der Waals surface area contributed by atoms with Crippen LogP contribution in [-0.4, -0.2) is 30.4 Å². The fourth-order valence-electron chi connectivity index (χ4n) is 3.76. The summed E-state index contributed by atoms with van der Waals surface area (Å²) in [5, 5.41) is 23.4. The van der Waals surface area contributed by atoms with Crippen molar-refractivity contribution in [1.29, 1.82) is 0 Å². The smallest absolute Gasteiger partial charge is 0.276 e. The predicted molar refractivity (Wildman–Crippen MR) is 136 cm³/mol. The third-order valence-electron chi connectivity index (χ3n) is 5.80. The highest BCUT2D eigenvalue weighted by Gasteiger charge is 2.17. The van der Waals surface area contributed by atoms with Crippen LogP contribution in [0.5, 0.6) is 11.5 Å². The van der Waals surface area contributed by atoms with E-state index in [1.54, 1.807) is 21.6 Å². The maximum atomic E-state index is 12.9. The molecular weight excluding hydrogens is 484 g/mol. The summed E-state index contributed by atoms with van der Waals surface area (Å²) in [5.74, 6) is 0.307. The van der Waals surface area contributed by atoms with E-state index >= 15 is 0 Å². The van der Waals surface area contributed by atoms with E-state index in [1.165, 1.54) is 18.2 Å². The van der Waals surface area contributed by atoms with Gasteiger partial charge in [-0.3, -0.25) is 19.6 Å². The zero-order valence-corrected chi connectivity index (χ0v) is 21.3. The molecule has 1 amide bonds. The molecule has 0 unspecified atom stereocenters. The molecule has 2 aromatic carbocycles. The molecule has 36 heavy (non-hydrogen) atoms. The van der Waals surface area contributed by atoms with E-state index in [0.29, 0.717) is 16.5 Å². The SMILES string of the molecule is Cc1cc(C)c(C)c(Oc2cc(NC(=O)c3ccn(Cn4nc(C)c(Cl)c4C)n3)cc([N+](=O)[O-])c2)c1. The van der Waals surface area contributed by atoms with Crippen molar-refractivity contribution in [3.05, 3.63) is 91.5 Å². The molecule has 2 heterocycles. The number of benzene rings is 2. The Kier molecular flexibility index (Phi) is 6.80. The van der Waals surface area contributed by atoms with Crippen LogP contribution in [0.15, 0.2) is 42.6 Å². The summed E-state index contributed by atoms with van der Waals surface area (Å²) < 4.78 is 9.22. The number of hydrogen-bond donors (Lipinski definition) is 1. The molecule has 4 rings (SSSR count). The number of nitrogens with one attached hydrogen (secondary N) is 1. The normalized spacial score (nSPS) is 10.9. The molecular formula is C25H25ClN6O4. The molecule has 0 bridgehead atoms. The van der Waals surface area contributed by atoms with Crippen LogP contribution in [0.25, 0.3) is 0 Å². The van der Waals surface area contributed by atoms with Gasteiger partial charge in [-0.25, -0.2) is 4.68 Å². The number of anilines is 1. The minimum atomic E-state index is -0.537. The van der Waals surface area contributed by atoms with Gasteiger partial charge in [-0.1, -0.05) is 17.7 Å². The molecule has 0 aliphatic carbocycles. The lowest BCUT2D eigenvalue weighted by molar-refractivity contribution is -0.384. The molecule has 0 saturated carbocycles. The Morgan fingerprint density at radius 1 is 1.11 bits per heavy atom. The number of aryl methyl sites for hydroxylation is 3. The van der Waals surface area contributed by atoms with Gasteiger partial charge in [0.2, 0.25) is 0 Å². The van der Waals surface area contributed by atoms with Crippen molar-refractivity contribution >= 4 is 28.9 Å². The van der Waals surface area contributed by atoms with Crippen molar-refractivity contribution in [3.63, 3.8) is 0 Å². The molecule has 0 aliphatic rings. The third-order valence-corrected chi connectivity index (χ3v) is 6.34. The Hall–Kier alpha value is -4.18. The van der Waals surface area contributed by atoms with Crippen LogP contribution in [0, 0.1) is 44.7 Å². The Labute approximate surface area is 212 Å². The Morgan fingerprint density at radius 3 is 2.53 bits per heavy atom. The Morgan fingerprint density at radius 2 is 1.86 bits per heavy atom. The van der Waals surface area contributed by atoms with Gasteiger partial charge in [0.25, 0.3) is 11.6 Å². The van der Waals surface area contributed by atoms with Gasteiger partial charge in [0.15, 0.2) is 5.69 Å². The van der Waals surface area contributed by atoms with E-state index in [0.717, 1.165) is 22.4 Å². The first kappa shape index (κ1) is 24.9. The van der Waals surface area contributed by atoms with Crippen LogP contribution in [0.4, 0.5) is 11.4 Å².